The van der Waals surface area contributed by atoms with Gasteiger partial charge >= 0.3 is 6.09 Å². The maximum atomic E-state index is 11.8. The molecule has 118 valence electrons. The number of nitrogens with one attached hydrogen (secondary N) is 1. The van der Waals surface area contributed by atoms with E-state index in [0.717, 1.165) is 10.9 Å². The first-order valence-corrected chi connectivity index (χ1v) is 7.72. The molecular formula is C13H20BrClN4O2. The third kappa shape index (κ3) is 6.95. The Labute approximate surface area is 138 Å². The Morgan fingerprint density at radius 1 is 1.52 bits per heavy atom. The number of anilines is 1. The molecule has 0 saturated heterocycles. The highest BCUT2D eigenvalue weighted by Crippen LogP contribution is 2.19. The lowest BCUT2D eigenvalue weighted by molar-refractivity contribution is 0.0298. The number of carbonyl (C=O) groups excluding carboxylic acids is 1. The lowest BCUT2D eigenvalue weighted by Gasteiger charge is -2.24. The van der Waals surface area contributed by atoms with Gasteiger partial charge in [0.15, 0.2) is 0 Å². The fourth-order valence-electron chi connectivity index (χ4n) is 1.42. The zero-order chi connectivity index (χ0) is 16.0. The van der Waals surface area contributed by atoms with Gasteiger partial charge in [-0.05, 0) is 54.7 Å². The first-order valence-electron chi connectivity index (χ1n) is 6.55. The minimum absolute atomic E-state index is 0.187. The third-order valence-corrected chi connectivity index (χ3v) is 3.15. The Hall–Kier alpha value is -1.08. The predicted octanol–water partition coefficient (Wildman–Crippen LogP) is 3.56. The van der Waals surface area contributed by atoms with Crippen molar-refractivity contribution in [2.75, 3.05) is 25.5 Å². The molecule has 0 radical (unpaired) electrons. The van der Waals surface area contributed by atoms with E-state index >= 15 is 0 Å². The van der Waals surface area contributed by atoms with Crippen LogP contribution in [0.25, 0.3) is 0 Å². The summed E-state index contributed by atoms with van der Waals surface area (Å²) in [7, 11) is 1.71. The van der Waals surface area contributed by atoms with Crippen molar-refractivity contribution >= 4 is 39.4 Å². The van der Waals surface area contributed by atoms with Gasteiger partial charge in [0, 0.05) is 26.3 Å². The molecule has 0 unspecified atom stereocenters. The molecular weight excluding hydrogens is 360 g/mol. The predicted molar refractivity (Wildman–Crippen MR) is 86.7 cm³/mol. The second-order valence-corrected chi connectivity index (χ2v) is 6.71. The second-order valence-electron chi connectivity index (χ2n) is 5.52. The van der Waals surface area contributed by atoms with E-state index in [2.05, 4.69) is 31.2 Å². The summed E-state index contributed by atoms with van der Waals surface area (Å²) in [6.45, 7) is 6.77. The fourth-order valence-corrected chi connectivity index (χ4v) is 1.89. The van der Waals surface area contributed by atoms with Gasteiger partial charge in [-0.25, -0.2) is 9.78 Å². The molecule has 1 N–H and O–H groups in total. The summed E-state index contributed by atoms with van der Waals surface area (Å²) in [6.07, 6.45) is 2.02. The minimum atomic E-state index is -0.480. The summed E-state index contributed by atoms with van der Waals surface area (Å²) in [4.78, 5) is 21.2. The van der Waals surface area contributed by atoms with E-state index in [-0.39, 0.29) is 11.4 Å². The van der Waals surface area contributed by atoms with E-state index in [1.165, 1.54) is 0 Å². The Kier molecular flexibility index (Phi) is 6.67. The molecule has 0 bridgehead atoms. The van der Waals surface area contributed by atoms with Crippen molar-refractivity contribution in [2.45, 2.75) is 32.8 Å². The van der Waals surface area contributed by atoms with Crippen molar-refractivity contribution in [1.29, 1.82) is 0 Å². The maximum Gasteiger partial charge on any atom is 0.410 e. The number of hydrogen-bond acceptors (Lipinski definition) is 5. The molecule has 21 heavy (non-hydrogen) atoms. The summed E-state index contributed by atoms with van der Waals surface area (Å²) < 4.78 is 6.01. The topological polar surface area (TPSA) is 67.3 Å². The van der Waals surface area contributed by atoms with Crippen LogP contribution in [0.5, 0.6) is 0 Å². The van der Waals surface area contributed by atoms with E-state index in [9.17, 15) is 4.79 Å². The number of rotatable bonds is 5. The highest BCUT2D eigenvalue weighted by molar-refractivity contribution is 9.10. The average molecular weight is 380 g/mol. The van der Waals surface area contributed by atoms with Crippen LogP contribution in [0.1, 0.15) is 27.2 Å². The van der Waals surface area contributed by atoms with Gasteiger partial charge in [-0.1, -0.05) is 0 Å². The molecule has 1 heterocycles. The van der Waals surface area contributed by atoms with Crippen molar-refractivity contribution in [1.82, 2.24) is 14.9 Å². The van der Waals surface area contributed by atoms with Crippen molar-refractivity contribution in [2.24, 2.45) is 0 Å². The number of carbonyl (C=O) groups is 1. The van der Waals surface area contributed by atoms with Crippen LogP contribution in [0.2, 0.25) is 5.28 Å². The van der Waals surface area contributed by atoms with E-state index < -0.39 is 5.60 Å². The molecule has 0 saturated carbocycles. The molecule has 1 rings (SSSR count). The molecule has 0 aliphatic heterocycles. The number of halogens is 2. The van der Waals surface area contributed by atoms with Gasteiger partial charge in [0.2, 0.25) is 5.28 Å². The molecule has 6 nitrogen and oxygen atoms in total. The van der Waals surface area contributed by atoms with E-state index in [0.29, 0.717) is 18.9 Å². The van der Waals surface area contributed by atoms with Crippen LogP contribution < -0.4 is 5.32 Å². The summed E-state index contributed by atoms with van der Waals surface area (Å²) in [5, 5.41) is 3.32. The first-order chi connectivity index (χ1) is 9.69. The van der Waals surface area contributed by atoms with Crippen LogP contribution in [-0.2, 0) is 4.74 Å². The summed E-state index contributed by atoms with van der Waals surface area (Å²) >= 11 is 9.07. The van der Waals surface area contributed by atoms with Gasteiger partial charge in [-0.3, -0.25) is 0 Å². The zero-order valence-electron chi connectivity index (χ0n) is 12.6. The van der Waals surface area contributed by atoms with Gasteiger partial charge in [0.05, 0.1) is 4.47 Å². The monoisotopic (exact) mass is 378 g/mol. The van der Waals surface area contributed by atoms with E-state index in [1.807, 2.05) is 20.8 Å². The standard InChI is InChI=1S/C13H20BrClN4O2/c1-13(2,3)21-12(20)19(4)7-5-6-16-10-9(14)8-17-11(15)18-10/h8H,5-7H2,1-4H3,(H,16,17,18). The van der Waals surface area contributed by atoms with Gasteiger partial charge < -0.3 is 15.0 Å². The largest absolute Gasteiger partial charge is 0.444 e. The third-order valence-electron chi connectivity index (χ3n) is 2.38. The van der Waals surface area contributed by atoms with Crippen LogP contribution in [0.15, 0.2) is 10.7 Å². The van der Waals surface area contributed by atoms with Crippen LogP contribution in [-0.4, -0.2) is 46.7 Å². The molecule has 0 aromatic carbocycles. The average Bonchev–Trinajstić information content (AvgIpc) is 2.36. The first kappa shape index (κ1) is 18.0. The van der Waals surface area contributed by atoms with E-state index in [1.54, 1.807) is 18.1 Å². The van der Waals surface area contributed by atoms with Crippen LogP contribution in [0.4, 0.5) is 10.6 Å². The highest BCUT2D eigenvalue weighted by Gasteiger charge is 2.19. The van der Waals surface area contributed by atoms with Gasteiger partial charge in [-0.2, -0.15) is 4.98 Å². The van der Waals surface area contributed by atoms with Gasteiger partial charge in [0.25, 0.3) is 0 Å². The fraction of sp³-hybridized carbons (Fsp3) is 0.615. The Bertz CT molecular complexity index is 494. The molecule has 1 amide bonds. The van der Waals surface area contributed by atoms with Crippen molar-refractivity contribution in [3.8, 4) is 0 Å². The van der Waals surface area contributed by atoms with Crippen molar-refractivity contribution in [3.05, 3.63) is 16.0 Å². The van der Waals surface area contributed by atoms with Crippen molar-refractivity contribution < 1.29 is 9.53 Å². The van der Waals surface area contributed by atoms with Crippen LogP contribution in [0, 0.1) is 0 Å². The Morgan fingerprint density at radius 2 is 2.19 bits per heavy atom. The van der Waals surface area contributed by atoms with Crippen LogP contribution in [0.3, 0.4) is 0 Å². The number of ether oxygens (including phenoxy) is 1. The summed E-state index contributed by atoms with van der Waals surface area (Å²) in [5.41, 5.74) is -0.480. The minimum Gasteiger partial charge on any atom is -0.444 e. The lowest BCUT2D eigenvalue weighted by Crippen LogP contribution is -2.35. The lowest BCUT2D eigenvalue weighted by atomic mass is 10.2. The number of aromatic nitrogens is 2. The molecule has 0 aliphatic rings. The number of hydrogen-bond donors (Lipinski definition) is 1. The number of nitrogens with zero attached hydrogens (tertiary/aromatic N) is 3. The van der Waals surface area contributed by atoms with E-state index in [4.69, 9.17) is 16.3 Å². The quantitative estimate of drug-likeness (QED) is 0.626. The molecule has 0 spiro atoms. The summed E-state index contributed by atoms with van der Waals surface area (Å²) in [5.74, 6) is 0.634. The maximum absolute atomic E-state index is 11.8. The molecule has 8 heteroatoms. The molecule has 0 fully saturated rings. The van der Waals surface area contributed by atoms with Crippen LogP contribution >= 0.6 is 27.5 Å². The Balaban J connectivity index is 2.34. The number of amides is 1. The molecule has 1 aromatic heterocycles. The smallest absolute Gasteiger partial charge is 0.410 e. The zero-order valence-corrected chi connectivity index (χ0v) is 15.0. The SMILES string of the molecule is CN(CCCNc1nc(Cl)ncc1Br)C(=O)OC(C)(C)C. The second kappa shape index (κ2) is 7.79. The normalized spacial score (nSPS) is 11.1. The van der Waals surface area contributed by atoms with Crippen molar-refractivity contribution in [3.63, 3.8) is 0 Å². The van der Waals surface area contributed by atoms with Gasteiger partial charge in [-0.15, -0.1) is 0 Å². The molecule has 0 atom stereocenters. The molecule has 0 aliphatic carbocycles. The Morgan fingerprint density at radius 3 is 2.81 bits per heavy atom. The highest BCUT2D eigenvalue weighted by atomic mass is 79.9. The van der Waals surface area contributed by atoms with Gasteiger partial charge in [0.1, 0.15) is 11.4 Å². The molecule has 1 aromatic rings. The summed E-state index contributed by atoms with van der Waals surface area (Å²) in [6, 6.07) is 0.